The highest BCUT2D eigenvalue weighted by Gasteiger charge is 2.17. The molecule has 0 amide bonds. The average molecular weight is 332 g/mol. The lowest BCUT2D eigenvalue weighted by molar-refractivity contribution is 0.258. The second-order valence-corrected chi connectivity index (χ2v) is 5.70. The molecule has 0 saturated heterocycles. The molecule has 130 valence electrons. The van der Waals surface area contributed by atoms with Gasteiger partial charge in [-0.3, -0.25) is 4.90 Å². The minimum absolute atomic E-state index is 0.0954. The normalized spacial score (nSPS) is 13.1. The largest absolute Gasteiger partial charge is 0.468 e. The Bertz CT molecular complexity index is 640. The van der Waals surface area contributed by atoms with Crippen LogP contribution in [0, 0.1) is 5.82 Å². The first-order valence-electron chi connectivity index (χ1n) is 8.06. The number of hydrogen-bond donors (Lipinski definition) is 2. The molecule has 0 bridgehead atoms. The Hall–Kier alpha value is -2.34. The molecule has 0 aliphatic rings. The van der Waals surface area contributed by atoms with Crippen LogP contribution in [0.25, 0.3) is 0 Å². The lowest BCUT2D eigenvalue weighted by atomic mass is 10.2. The zero-order valence-corrected chi connectivity index (χ0v) is 14.4. The number of furan rings is 1. The molecule has 1 unspecified atom stereocenters. The van der Waals surface area contributed by atoms with E-state index >= 15 is 0 Å². The van der Waals surface area contributed by atoms with Gasteiger partial charge >= 0.3 is 0 Å². The molecular weight excluding hydrogens is 307 g/mol. The smallest absolute Gasteiger partial charge is 0.191 e. The van der Waals surface area contributed by atoms with Crippen LogP contribution in [0.4, 0.5) is 4.39 Å². The molecule has 24 heavy (non-hydrogen) atoms. The third kappa shape index (κ3) is 5.38. The van der Waals surface area contributed by atoms with Crippen LogP contribution in [0.5, 0.6) is 0 Å². The van der Waals surface area contributed by atoms with Gasteiger partial charge in [0.05, 0.1) is 18.8 Å². The van der Waals surface area contributed by atoms with Crippen LogP contribution in [0.1, 0.15) is 24.3 Å². The summed E-state index contributed by atoms with van der Waals surface area (Å²) in [6.07, 6.45) is 1.68. The van der Waals surface area contributed by atoms with Gasteiger partial charge in [-0.05, 0) is 50.8 Å². The number of halogens is 1. The van der Waals surface area contributed by atoms with E-state index < -0.39 is 0 Å². The Morgan fingerprint density at radius 1 is 1.25 bits per heavy atom. The van der Waals surface area contributed by atoms with E-state index in [1.54, 1.807) is 12.3 Å². The van der Waals surface area contributed by atoms with Crippen molar-refractivity contribution in [3.05, 3.63) is 59.8 Å². The van der Waals surface area contributed by atoms with Crippen LogP contribution in [-0.2, 0) is 6.54 Å². The first-order chi connectivity index (χ1) is 11.6. The average Bonchev–Trinajstić information content (AvgIpc) is 3.06. The third-order valence-corrected chi connectivity index (χ3v) is 3.61. The van der Waals surface area contributed by atoms with Crippen molar-refractivity contribution in [1.29, 1.82) is 0 Å². The summed E-state index contributed by atoms with van der Waals surface area (Å²) in [6.45, 7) is 3.83. The van der Waals surface area contributed by atoms with Crippen LogP contribution in [0.2, 0.25) is 0 Å². The number of hydrogen-bond acceptors (Lipinski definition) is 3. The molecule has 0 aliphatic carbocycles. The van der Waals surface area contributed by atoms with Gasteiger partial charge in [0, 0.05) is 13.1 Å². The van der Waals surface area contributed by atoms with Gasteiger partial charge in [0.25, 0.3) is 0 Å². The molecule has 5 nitrogen and oxygen atoms in total. The van der Waals surface area contributed by atoms with Crippen LogP contribution in [0.15, 0.2) is 52.1 Å². The molecule has 0 aliphatic heterocycles. The second-order valence-electron chi connectivity index (χ2n) is 5.70. The maximum Gasteiger partial charge on any atom is 0.191 e. The number of nitrogens with zero attached hydrogens (tertiary/aromatic N) is 2. The van der Waals surface area contributed by atoms with Gasteiger partial charge in [0.15, 0.2) is 5.96 Å². The molecule has 1 heterocycles. The Labute approximate surface area is 142 Å². The molecule has 2 rings (SSSR count). The first kappa shape index (κ1) is 18.0. The van der Waals surface area contributed by atoms with E-state index in [4.69, 9.17) is 4.42 Å². The Morgan fingerprint density at radius 2 is 2.08 bits per heavy atom. The van der Waals surface area contributed by atoms with E-state index in [0.29, 0.717) is 19.0 Å². The zero-order chi connectivity index (χ0) is 17.4. The highest BCUT2D eigenvalue weighted by atomic mass is 19.1. The Kier molecular flexibility index (Phi) is 6.81. The number of likely N-dealkylation sites (N-methyl/N-ethyl adjacent to an activating group) is 1. The molecule has 0 saturated carbocycles. The number of benzene rings is 1. The summed E-state index contributed by atoms with van der Waals surface area (Å²) in [4.78, 5) is 6.60. The Balaban J connectivity index is 2.00. The van der Waals surface area contributed by atoms with Gasteiger partial charge < -0.3 is 15.1 Å². The van der Waals surface area contributed by atoms with Crippen molar-refractivity contribution in [2.75, 3.05) is 27.2 Å². The summed E-state index contributed by atoms with van der Waals surface area (Å²) in [6, 6.07) is 10.4. The monoisotopic (exact) mass is 332 g/mol. The summed E-state index contributed by atoms with van der Waals surface area (Å²) in [5.41, 5.74) is 0.836. The predicted octanol–water partition coefficient (Wildman–Crippen LogP) is 2.78. The molecular formula is C18H25FN4O. The fraction of sp³-hybridized carbons (Fsp3) is 0.389. The molecule has 6 heteroatoms. The van der Waals surface area contributed by atoms with Crippen molar-refractivity contribution in [3.63, 3.8) is 0 Å². The standard InChI is InChI=1S/C18H25FN4O/c1-4-20-18(21-12-14-7-5-8-15(19)11-14)22-13-16(23(2)3)17-9-6-10-24-17/h5-11,16H,4,12-13H2,1-3H3,(H2,20,21,22). The van der Waals surface area contributed by atoms with Gasteiger partial charge in [0.1, 0.15) is 11.6 Å². The van der Waals surface area contributed by atoms with Crippen molar-refractivity contribution >= 4 is 5.96 Å². The summed E-state index contributed by atoms with van der Waals surface area (Å²) in [7, 11) is 4.01. The molecule has 0 radical (unpaired) electrons. The maximum absolute atomic E-state index is 13.2. The number of guanidine groups is 1. The van der Waals surface area contributed by atoms with Gasteiger partial charge in [-0.2, -0.15) is 0 Å². The lowest BCUT2D eigenvalue weighted by Gasteiger charge is -2.23. The van der Waals surface area contributed by atoms with Gasteiger partial charge in [-0.25, -0.2) is 9.38 Å². The number of rotatable bonds is 7. The van der Waals surface area contributed by atoms with Gasteiger partial charge in [0.2, 0.25) is 0 Å². The van der Waals surface area contributed by atoms with Gasteiger partial charge in [-0.15, -0.1) is 0 Å². The summed E-state index contributed by atoms with van der Waals surface area (Å²) in [5, 5.41) is 6.52. The van der Waals surface area contributed by atoms with E-state index in [2.05, 4.69) is 20.5 Å². The maximum atomic E-state index is 13.2. The van der Waals surface area contributed by atoms with Crippen molar-refractivity contribution in [1.82, 2.24) is 15.5 Å². The molecule has 1 aromatic carbocycles. The highest BCUT2D eigenvalue weighted by molar-refractivity contribution is 5.79. The molecule has 0 spiro atoms. The molecule has 1 atom stereocenters. The molecule has 2 aromatic rings. The predicted molar refractivity (Wildman–Crippen MR) is 94.4 cm³/mol. The van der Waals surface area contributed by atoms with Crippen molar-refractivity contribution in [2.24, 2.45) is 4.99 Å². The van der Waals surface area contributed by atoms with Crippen molar-refractivity contribution in [2.45, 2.75) is 19.5 Å². The molecule has 2 N–H and O–H groups in total. The van der Waals surface area contributed by atoms with E-state index in [-0.39, 0.29) is 11.9 Å². The Morgan fingerprint density at radius 3 is 2.71 bits per heavy atom. The minimum atomic E-state index is -0.244. The minimum Gasteiger partial charge on any atom is -0.468 e. The van der Waals surface area contributed by atoms with E-state index in [1.165, 1.54) is 12.1 Å². The SMILES string of the molecule is CCNC(=NCc1cccc(F)c1)NCC(c1ccco1)N(C)C. The van der Waals surface area contributed by atoms with Crippen LogP contribution >= 0.6 is 0 Å². The van der Waals surface area contributed by atoms with Crippen LogP contribution in [-0.4, -0.2) is 38.0 Å². The van der Waals surface area contributed by atoms with E-state index in [0.717, 1.165) is 17.9 Å². The third-order valence-electron chi connectivity index (χ3n) is 3.61. The van der Waals surface area contributed by atoms with Crippen LogP contribution < -0.4 is 10.6 Å². The highest BCUT2D eigenvalue weighted by Crippen LogP contribution is 2.17. The van der Waals surface area contributed by atoms with Crippen molar-refractivity contribution < 1.29 is 8.81 Å². The number of aliphatic imine (C=N–C) groups is 1. The lowest BCUT2D eigenvalue weighted by Crippen LogP contribution is -2.41. The van der Waals surface area contributed by atoms with Gasteiger partial charge in [-0.1, -0.05) is 12.1 Å². The summed E-state index contributed by atoms with van der Waals surface area (Å²) >= 11 is 0. The first-order valence-corrected chi connectivity index (χ1v) is 8.06. The summed E-state index contributed by atoms with van der Waals surface area (Å²) < 4.78 is 18.8. The van der Waals surface area contributed by atoms with E-state index in [9.17, 15) is 4.39 Å². The molecule has 0 fully saturated rings. The number of nitrogens with one attached hydrogen (secondary N) is 2. The topological polar surface area (TPSA) is 52.8 Å². The van der Waals surface area contributed by atoms with E-state index in [1.807, 2.05) is 39.2 Å². The fourth-order valence-corrected chi connectivity index (χ4v) is 2.36. The summed E-state index contributed by atoms with van der Waals surface area (Å²) in [5.74, 6) is 1.35. The zero-order valence-electron chi connectivity index (χ0n) is 14.4. The molecule has 1 aromatic heterocycles. The fourth-order valence-electron chi connectivity index (χ4n) is 2.36. The quantitative estimate of drug-likeness (QED) is 0.605. The van der Waals surface area contributed by atoms with Crippen molar-refractivity contribution in [3.8, 4) is 0 Å². The second kappa shape index (κ2) is 9.08. The van der Waals surface area contributed by atoms with Crippen LogP contribution in [0.3, 0.4) is 0 Å².